The van der Waals surface area contributed by atoms with Gasteiger partial charge in [-0.3, -0.25) is 0 Å². The molecule has 0 amide bonds. The summed E-state index contributed by atoms with van der Waals surface area (Å²) in [5, 5.41) is 9.77. The van der Waals surface area contributed by atoms with Crippen LogP contribution in [0.15, 0.2) is 41.1 Å². The van der Waals surface area contributed by atoms with Crippen molar-refractivity contribution in [1.82, 2.24) is 5.32 Å². The molecule has 2 heterocycles. The number of halogens is 1. The van der Waals surface area contributed by atoms with Crippen LogP contribution in [0.2, 0.25) is 5.02 Å². The van der Waals surface area contributed by atoms with Gasteiger partial charge in [-0.1, -0.05) is 29.8 Å². The Labute approximate surface area is 119 Å². The minimum Gasteiger partial charge on any atom is -0.308 e. The van der Waals surface area contributed by atoms with E-state index in [4.69, 9.17) is 11.6 Å². The van der Waals surface area contributed by atoms with Crippen LogP contribution < -0.4 is 5.32 Å². The van der Waals surface area contributed by atoms with Gasteiger partial charge in [0.1, 0.15) is 0 Å². The summed E-state index contributed by atoms with van der Waals surface area (Å²) in [5.74, 6) is 0. The smallest absolute Gasteiger partial charge is 0.0636 e. The molecule has 3 rings (SSSR count). The molecule has 0 saturated heterocycles. The van der Waals surface area contributed by atoms with Crippen LogP contribution in [0.3, 0.4) is 0 Å². The standard InChI is InChI=1S/C14H12ClNS2/c15-14-11-3-1-2-4-12(11)18-13(14)8-16-7-10-5-6-17-9-10/h1-6,9,16H,7-8H2. The minimum absolute atomic E-state index is 0.827. The first-order valence-corrected chi connectivity index (χ1v) is 7.86. The van der Waals surface area contributed by atoms with Gasteiger partial charge in [0.15, 0.2) is 0 Å². The molecule has 1 aromatic carbocycles. The number of benzene rings is 1. The largest absolute Gasteiger partial charge is 0.308 e. The highest BCUT2D eigenvalue weighted by atomic mass is 35.5. The fourth-order valence-electron chi connectivity index (χ4n) is 1.89. The maximum absolute atomic E-state index is 6.39. The van der Waals surface area contributed by atoms with Crippen LogP contribution in [-0.4, -0.2) is 0 Å². The first kappa shape index (κ1) is 12.2. The van der Waals surface area contributed by atoms with E-state index in [2.05, 4.69) is 40.3 Å². The molecule has 0 radical (unpaired) electrons. The fourth-order valence-corrected chi connectivity index (χ4v) is 4.03. The first-order chi connectivity index (χ1) is 8.84. The van der Waals surface area contributed by atoms with Gasteiger partial charge < -0.3 is 5.32 Å². The average Bonchev–Trinajstić information content (AvgIpc) is 3.00. The lowest BCUT2D eigenvalue weighted by Crippen LogP contribution is -2.11. The number of thiophene rings is 2. The van der Waals surface area contributed by atoms with Crippen molar-refractivity contribution < 1.29 is 0 Å². The van der Waals surface area contributed by atoms with Gasteiger partial charge in [-0.25, -0.2) is 0 Å². The highest BCUT2D eigenvalue weighted by molar-refractivity contribution is 7.19. The summed E-state index contributed by atoms with van der Waals surface area (Å²) in [6, 6.07) is 10.4. The van der Waals surface area contributed by atoms with Gasteiger partial charge in [0.25, 0.3) is 0 Å². The quantitative estimate of drug-likeness (QED) is 0.721. The second-order valence-electron chi connectivity index (χ2n) is 4.07. The molecule has 1 nitrogen and oxygen atoms in total. The molecular weight excluding hydrogens is 282 g/mol. The summed E-state index contributed by atoms with van der Waals surface area (Å²) in [6.07, 6.45) is 0. The Balaban J connectivity index is 1.73. The molecule has 0 atom stereocenters. The maximum atomic E-state index is 6.39. The van der Waals surface area contributed by atoms with Crippen LogP contribution in [0.1, 0.15) is 10.4 Å². The third-order valence-corrected chi connectivity index (χ3v) is 5.24. The van der Waals surface area contributed by atoms with Gasteiger partial charge in [0.05, 0.1) is 5.02 Å². The third kappa shape index (κ3) is 2.45. The predicted molar refractivity (Wildman–Crippen MR) is 81.7 cm³/mol. The van der Waals surface area contributed by atoms with Gasteiger partial charge in [0, 0.05) is 28.1 Å². The summed E-state index contributed by atoms with van der Waals surface area (Å²) in [6.45, 7) is 1.72. The summed E-state index contributed by atoms with van der Waals surface area (Å²) >= 11 is 9.89. The molecule has 4 heteroatoms. The van der Waals surface area contributed by atoms with E-state index in [0.29, 0.717) is 0 Å². The van der Waals surface area contributed by atoms with Crippen LogP contribution in [0.25, 0.3) is 10.1 Å². The molecule has 0 spiro atoms. The second kappa shape index (κ2) is 5.41. The van der Waals surface area contributed by atoms with E-state index in [9.17, 15) is 0 Å². The zero-order valence-corrected chi connectivity index (χ0v) is 12.0. The van der Waals surface area contributed by atoms with Crippen LogP contribution in [0.4, 0.5) is 0 Å². The van der Waals surface area contributed by atoms with Crippen molar-refractivity contribution in [2.75, 3.05) is 0 Å². The Kier molecular flexibility index (Phi) is 3.66. The van der Waals surface area contributed by atoms with Crippen LogP contribution in [0.5, 0.6) is 0 Å². The van der Waals surface area contributed by atoms with Gasteiger partial charge in [-0.2, -0.15) is 11.3 Å². The Hall–Kier alpha value is -0.870. The SMILES string of the molecule is Clc1c(CNCc2ccsc2)sc2ccccc12. The number of hydrogen-bond acceptors (Lipinski definition) is 3. The molecule has 18 heavy (non-hydrogen) atoms. The summed E-state index contributed by atoms with van der Waals surface area (Å²) in [7, 11) is 0. The van der Waals surface area contributed by atoms with Crippen molar-refractivity contribution in [1.29, 1.82) is 0 Å². The van der Waals surface area contributed by atoms with Crippen molar-refractivity contribution in [2.45, 2.75) is 13.1 Å². The topological polar surface area (TPSA) is 12.0 Å². The van der Waals surface area contributed by atoms with E-state index in [-0.39, 0.29) is 0 Å². The molecule has 1 N–H and O–H groups in total. The lowest BCUT2D eigenvalue weighted by molar-refractivity contribution is 0.703. The molecule has 0 unspecified atom stereocenters. The number of fused-ring (bicyclic) bond motifs is 1. The lowest BCUT2D eigenvalue weighted by atomic mass is 10.2. The average molecular weight is 294 g/mol. The van der Waals surface area contributed by atoms with Crippen molar-refractivity contribution in [2.24, 2.45) is 0 Å². The van der Waals surface area contributed by atoms with E-state index >= 15 is 0 Å². The molecule has 3 aromatic rings. The van der Waals surface area contributed by atoms with E-state index < -0.39 is 0 Å². The highest BCUT2D eigenvalue weighted by Gasteiger charge is 2.08. The number of nitrogens with one attached hydrogen (secondary N) is 1. The van der Waals surface area contributed by atoms with E-state index in [0.717, 1.165) is 23.5 Å². The second-order valence-corrected chi connectivity index (χ2v) is 6.37. The van der Waals surface area contributed by atoms with Crippen LogP contribution in [-0.2, 0) is 13.1 Å². The lowest BCUT2D eigenvalue weighted by Gasteiger charge is -2.01. The first-order valence-electron chi connectivity index (χ1n) is 5.72. The molecular formula is C14H12ClNS2. The van der Waals surface area contributed by atoms with Gasteiger partial charge >= 0.3 is 0 Å². The summed E-state index contributed by atoms with van der Waals surface area (Å²) in [5.41, 5.74) is 1.33. The number of hydrogen-bond donors (Lipinski definition) is 1. The fraction of sp³-hybridized carbons (Fsp3) is 0.143. The van der Waals surface area contributed by atoms with Gasteiger partial charge in [-0.05, 0) is 28.5 Å². The Bertz CT molecular complexity index is 643. The number of rotatable bonds is 4. The Morgan fingerprint density at radius 1 is 1.11 bits per heavy atom. The zero-order valence-electron chi connectivity index (χ0n) is 9.65. The van der Waals surface area contributed by atoms with Crippen molar-refractivity contribution >= 4 is 44.4 Å². The van der Waals surface area contributed by atoms with Crippen LogP contribution >= 0.6 is 34.3 Å². The Morgan fingerprint density at radius 2 is 2.00 bits per heavy atom. The minimum atomic E-state index is 0.827. The zero-order chi connectivity index (χ0) is 12.4. The van der Waals surface area contributed by atoms with E-state index in [1.807, 2.05) is 6.07 Å². The third-order valence-electron chi connectivity index (χ3n) is 2.80. The summed E-state index contributed by atoms with van der Waals surface area (Å²) < 4.78 is 1.26. The van der Waals surface area contributed by atoms with E-state index in [1.165, 1.54) is 15.1 Å². The van der Waals surface area contributed by atoms with E-state index in [1.54, 1.807) is 22.7 Å². The Morgan fingerprint density at radius 3 is 2.78 bits per heavy atom. The van der Waals surface area contributed by atoms with Crippen molar-refractivity contribution in [3.63, 3.8) is 0 Å². The molecule has 0 aliphatic heterocycles. The molecule has 0 aliphatic carbocycles. The summed E-state index contributed by atoms with van der Waals surface area (Å²) in [4.78, 5) is 1.22. The van der Waals surface area contributed by atoms with Crippen molar-refractivity contribution in [3.05, 3.63) is 56.6 Å². The van der Waals surface area contributed by atoms with Crippen LogP contribution in [0, 0.1) is 0 Å². The molecule has 0 saturated carbocycles. The molecule has 0 bridgehead atoms. The predicted octanol–water partition coefficient (Wildman–Crippen LogP) is 4.91. The highest BCUT2D eigenvalue weighted by Crippen LogP contribution is 2.34. The molecule has 2 aromatic heterocycles. The molecule has 0 fully saturated rings. The van der Waals surface area contributed by atoms with Gasteiger partial charge in [0.2, 0.25) is 0 Å². The molecule has 92 valence electrons. The normalized spacial score (nSPS) is 11.2. The van der Waals surface area contributed by atoms with Crippen molar-refractivity contribution in [3.8, 4) is 0 Å². The van der Waals surface area contributed by atoms with Gasteiger partial charge in [-0.15, -0.1) is 11.3 Å². The monoisotopic (exact) mass is 293 g/mol. The maximum Gasteiger partial charge on any atom is 0.0636 e. The molecule has 0 aliphatic rings.